The predicted molar refractivity (Wildman–Crippen MR) is 106 cm³/mol. The molecular formula is C17H16FN3O3S3. The SMILES string of the molecule is CN(C)S(=O)(=O)c1ccc2nc(NC(=O)CSc3ccc(F)cc3)sc2c1. The van der Waals surface area contributed by atoms with Crippen molar-refractivity contribution in [2.24, 2.45) is 0 Å². The van der Waals surface area contributed by atoms with Crippen molar-refractivity contribution in [2.45, 2.75) is 9.79 Å². The van der Waals surface area contributed by atoms with Gasteiger partial charge in [-0.05, 0) is 42.5 Å². The van der Waals surface area contributed by atoms with Gasteiger partial charge in [-0.2, -0.15) is 0 Å². The van der Waals surface area contributed by atoms with Crippen LogP contribution in [-0.4, -0.2) is 43.5 Å². The van der Waals surface area contributed by atoms with Gasteiger partial charge in [0.25, 0.3) is 0 Å². The number of rotatable bonds is 6. The minimum absolute atomic E-state index is 0.155. The first-order valence-corrected chi connectivity index (χ1v) is 11.0. The van der Waals surface area contributed by atoms with Crippen LogP contribution in [-0.2, 0) is 14.8 Å². The van der Waals surface area contributed by atoms with Crippen molar-refractivity contribution in [1.82, 2.24) is 9.29 Å². The predicted octanol–water partition coefficient (Wildman–Crippen LogP) is 3.42. The molecule has 0 aliphatic carbocycles. The van der Waals surface area contributed by atoms with Crippen molar-refractivity contribution >= 4 is 54.4 Å². The highest BCUT2D eigenvalue weighted by Crippen LogP contribution is 2.29. The third-order valence-electron chi connectivity index (χ3n) is 3.57. The lowest BCUT2D eigenvalue weighted by Crippen LogP contribution is -2.22. The molecule has 0 bridgehead atoms. The molecule has 1 N–H and O–H groups in total. The third kappa shape index (κ3) is 4.64. The Hall–Kier alpha value is -2.01. The minimum Gasteiger partial charge on any atom is -0.301 e. The van der Waals surface area contributed by atoms with Crippen LogP contribution in [0, 0.1) is 5.82 Å². The van der Waals surface area contributed by atoms with Crippen molar-refractivity contribution in [3.8, 4) is 0 Å². The van der Waals surface area contributed by atoms with Gasteiger partial charge in [-0.15, -0.1) is 11.8 Å². The Morgan fingerprint density at radius 3 is 2.59 bits per heavy atom. The summed E-state index contributed by atoms with van der Waals surface area (Å²) in [5.41, 5.74) is 0.610. The van der Waals surface area contributed by atoms with E-state index in [1.54, 1.807) is 24.3 Å². The van der Waals surface area contributed by atoms with E-state index >= 15 is 0 Å². The lowest BCUT2D eigenvalue weighted by molar-refractivity contribution is -0.113. The molecule has 0 aliphatic rings. The lowest BCUT2D eigenvalue weighted by Gasteiger charge is -2.10. The Morgan fingerprint density at radius 1 is 1.22 bits per heavy atom. The molecule has 0 fully saturated rings. The highest BCUT2D eigenvalue weighted by Gasteiger charge is 2.18. The van der Waals surface area contributed by atoms with E-state index in [4.69, 9.17) is 0 Å². The molecule has 0 aliphatic heterocycles. The molecule has 142 valence electrons. The van der Waals surface area contributed by atoms with Crippen LogP contribution >= 0.6 is 23.1 Å². The standard InChI is InChI=1S/C17H16FN3O3S3/c1-21(2)27(23,24)13-7-8-14-15(9-13)26-17(19-14)20-16(22)10-25-12-5-3-11(18)4-6-12/h3-9H,10H2,1-2H3,(H,19,20,22). The topological polar surface area (TPSA) is 79.4 Å². The van der Waals surface area contributed by atoms with E-state index in [0.717, 1.165) is 9.20 Å². The van der Waals surface area contributed by atoms with Crippen LogP contribution in [0.1, 0.15) is 0 Å². The molecule has 0 atom stereocenters. The molecule has 3 aromatic rings. The molecule has 0 unspecified atom stereocenters. The molecular weight excluding hydrogens is 409 g/mol. The Labute approximate surface area is 164 Å². The number of carbonyl (C=O) groups excluding carboxylic acids is 1. The van der Waals surface area contributed by atoms with E-state index in [0.29, 0.717) is 15.3 Å². The van der Waals surface area contributed by atoms with E-state index in [9.17, 15) is 17.6 Å². The van der Waals surface area contributed by atoms with Gasteiger partial charge in [0, 0.05) is 19.0 Å². The van der Waals surface area contributed by atoms with E-state index in [1.165, 1.54) is 55.4 Å². The van der Waals surface area contributed by atoms with Crippen LogP contribution in [0.15, 0.2) is 52.3 Å². The summed E-state index contributed by atoms with van der Waals surface area (Å²) in [6.45, 7) is 0. The second-order valence-electron chi connectivity index (χ2n) is 5.73. The normalized spacial score (nSPS) is 11.9. The number of halogens is 1. The molecule has 1 amide bonds. The number of aromatic nitrogens is 1. The molecule has 0 radical (unpaired) electrons. The van der Waals surface area contributed by atoms with Crippen LogP contribution in [0.3, 0.4) is 0 Å². The van der Waals surface area contributed by atoms with Crippen LogP contribution < -0.4 is 5.32 Å². The van der Waals surface area contributed by atoms with Gasteiger partial charge in [0.05, 0.1) is 20.9 Å². The molecule has 0 saturated heterocycles. The molecule has 27 heavy (non-hydrogen) atoms. The monoisotopic (exact) mass is 425 g/mol. The lowest BCUT2D eigenvalue weighted by atomic mass is 10.3. The van der Waals surface area contributed by atoms with Gasteiger partial charge in [-0.1, -0.05) is 11.3 Å². The maximum absolute atomic E-state index is 12.9. The average Bonchev–Trinajstić information content (AvgIpc) is 3.02. The van der Waals surface area contributed by atoms with Crippen molar-refractivity contribution < 1.29 is 17.6 Å². The van der Waals surface area contributed by atoms with E-state index in [1.807, 2.05) is 0 Å². The second-order valence-corrected chi connectivity index (χ2v) is 9.96. The van der Waals surface area contributed by atoms with Crippen molar-refractivity contribution in [1.29, 1.82) is 0 Å². The molecule has 6 nitrogen and oxygen atoms in total. The van der Waals surface area contributed by atoms with Crippen molar-refractivity contribution in [3.63, 3.8) is 0 Å². The first-order chi connectivity index (χ1) is 12.8. The molecule has 1 heterocycles. The third-order valence-corrected chi connectivity index (χ3v) is 7.33. The van der Waals surface area contributed by atoms with Gasteiger partial charge in [-0.25, -0.2) is 22.1 Å². The number of hydrogen-bond acceptors (Lipinski definition) is 6. The molecule has 0 spiro atoms. The Bertz CT molecular complexity index is 1080. The Kier molecular flexibility index (Phi) is 5.80. The zero-order valence-corrected chi connectivity index (χ0v) is 16.9. The van der Waals surface area contributed by atoms with Gasteiger partial charge < -0.3 is 5.32 Å². The quantitative estimate of drug-likeness (QED) is 0.612. The number of fused-ring (bicyclic) bond motifs is 1. The van der Waals surface area contributed by atoms with Gasteiger partial charge in [-0.3, -0.25) is 4.79 Å². The number of nitrogens with one attached hydrogen (secondary N) is 1. The van der Waals surface area contributed by atoms with Crippen LogP contribution in [0.25, 0.3) is 10.2 Å². The van der Waals surface area contributed by atoms with E-state index in [-0.39, 0.29) is 22.4 Å². The maximum atomic E-state index is 12.9. The number of carbonyl (C=O) groups is 1. The summed E-state index contributed by atoms with van der Waals surface area (Å²) >= 11 is 2.49. The first-order valence-electron chi connectivity index (χ1n) is 7.77. The summed E-state index contributed by atoms with van der Waals surface area (Å²) in [7, 11) is -0.592. The molecule has 10 heteroatoms. The van der Waals surface area contributed by atoms with Gasteiger partial charge in [0.2, 0.25) is 15.9 Å². The Morgan fingerprint density at radius 2 is 1.93 bits per heavy atom. The summed E-state index contributed by atoms with van der Waals surface area (Å²) in [5, 5.41) is 3.10. The molecule has 3 rings (SSSR count). The van der Waals surface area contributed by atoms with Gasteiger partial charge in [0.1, 0.15) is 5.82 Å². The minimum atomic E-state index is -3.53. The number of nitrogens with zero attached hydrogens (tertiary/aromatic N) is 2. The summed E-state index contributed by atoms with van der Waals surface area (Å²) < 4.78 is 39.1. The first kappa shape index (κ1) is 19.7. The van der Waals surface area contributed by atoms with Gasteiger partial charge >= 0.3 is 0 Å². The molecule has 0 saturated carbocycles. The van der Waals surface area contributed by atoms with Gasteiger partial charge in [0.15, 0.2) is 5.13 Å². The summed E-state index contributed by atoms with van der Waals surface area (Å²) in [6, 6.07) is 10.6. The number of hydrogen-bond donors (Lipinski definition) is 1. The fraction of sp³-hybridized carbons (Fsp3) is 0.176. The fourth-order valence-corrected chi connectivity index (χ4v) is 4.79. The van der Waals surface area contributed by atoms with Crippen LogP contribution in [0.2, 0.25) is 0 Å². The summed E-state index contributed by atoms with van der Waals surface area (Å²) in [5.74, 6) is -0.416. The highest BCUT2D eigenvalue weighted by atomic mass is 32.2. The zero-order valence-electron chi connectivity index (χ0n) is 14.5. The number of anilines is 1. The van der Waals surface area contributed by atoms with Crippen LogP contribution in [0.4, 0.5) is 9.52 Å². The fourth-order valence-electron chi connectivity index (χ4n) is 2.16. The number of sulfonamides is 1. The summed E-state index contributed by atoms with van der Waals surface area (Å²) in [6.07, 6.45) is 0. The second kappa shape index (κ2) is 7.93. The smallest absolute Gasteiger partial charge is 0.242 e. The average molecular weight is 426 g/mol. The van der Waals surface area contributed by atoms with Crippen LogP contribution in [0.5, 0.6) is 0 Å². The highest BCUT2D eigenvalue weighted by molar-refractivity contribution is 8.00. The largest absolute Gasteiger partial charge is 0.301 e. The van der Waals surface area contributed by atoms with Crippen molar-refractivity contribution in [3.05, 3.63) is 48.3 Å². The number of amides is 1. The van der Waals surface area contributed by atoms with E-state index < -0.39 is 10.0 Å². The Balaban J connectivity index is 1.70. The maximum Gasteiger partial charge on any atom is 0.242 e. The number of thiazole rings is 1. The zero-order chi connectivity index (χ0) is 19.6. The van der Waals surface area contributed by atoms with E-state index in [2.05, 4.69) is 10.3 Å². The van der Waals surface area contributed by atoms with Crippen molar-refractivity contribution in [2.75, 3.05) is 25.2 Å². The number of thioether (sulfide) groups is 1. The number of benzene rings is 2. The summed E-state index contributed by atoms with van der Waals surface area (Å²) in [4.78, 5) is 17.4. The molecule has 1 aromatic heterocycles. The molecule has 2 aromatic carbocycles.